The van der Waals surface area contributed by atoms with Crippen LogP contribution in [0.15, 0.2) is 24.4 Å². The molecule has 1 unspecified atom stereocenters. The summed E-state index contributed by atoms with van der Waals surface area (Å²) in [4.78, 5) is 15.4. The number of halogens is 3. The molecule has 0 amide bonds. The number of thioether (sulfide) groups is 1. The van der Waals surface area contributed by atoms with Crippen molar-refractivity contribution < 1.29 is 22.7 Å². The Bertz CT molecular complexity index is 384. The van der Waals surface area contributed by atoms with Gasteiger partial charge in [-0.25, -0.2) is 0 Å². The quantitative estimate of drug-likeness (QED) is 0.777. The molecule has 0 aliphatic heterocycles. The molecule has 1 heterocycles. The van der Waals surface area contributed by atoms with Crippen molar-refractivity contribution in [1.82, 2.24) is 4.98 Å². The van der Waals surface area contributed by atoms with Crippen LogP contribution in [0.3, 0.4) is 0 Å². The molecule has 18 heavy (non-hydrogen) atoms. The van der Waals surface area contributed by atoms with E-state index in [4.69, 9.17) is 0 Å². The summed E-state index contributed by atoms with van der Waals surface area (Å²) in [7, 11) is 0. The summed E-state index contributed by atoms with van der Waals surface area (Å²) in [5.74, 6) is -0.870. The molecule has 1 aromatic heterocycles. The van der Waals surface area contributed by atoms with Crippen molar-refractivity contribution in [2.24, 2.45) is 0 Å². The highest BCUT2D eigenvalue weighted by atomic mass is 32.2. The normalized spacial score (nSPS) is 13.1. The molecule has 100 valence electrons. The SMILES string of the molecule is CCOC(=O)C(Cc1ccccn1)SC(F)(F)F. The molecule has 0 aromatic carbocycles. The fourth-order valence-corrected chi connectivity index (χ4v) is 2.02. The predicted molar refractivity (Wildman–Crippen MR) is 62.0 cm³/mol. The van der Waals surface area contributed by atoms with Crippen LogP contribution < -0.4 is 0 Å². The maximum absolute atomic E-state index is 12.3. The second kappa shape index (κ2) is 6.63. The van der Waals surface area contributed by atoms with Crippen molar-refractivity contribution in [3.05, 3.63) is 30.1 Å². The van der Waals surface area contributed by atoms with E-state index in [1.807, 2.05) is 0 Å². The van der Waals surface area contributed by atoms with Crippen LogP contribution in [0.2, 0.25) is 0 Å². The van der Waals surface area contributed by atoms with Gasteiger partial charge in [0.1, 0.15) is 5.25 Å². The molecule has 0 N–H and O–H groups in total. The monoisotopic (exact) mass is 279 g/mol. The van der Waals surface area contributed by atoms with Gasteiger partial charge in [-0.1, -0.05) is 6.07 Å². The van der Waals surface area contributed by atoms with E-state index in [1.54, 1.807) is 25.1 Å². The Morgan fingerprint density at radius 3 is 2.72 bits per heavy atom. The van der Waals surface area contributed by atoms with Crippen molar-refractivity contribution in [2.75, 3.05) is 6.61 Å². The molecule has 7 heteroatoms. The molecule has 0 saturated carbocycles. The Kier molecular flexibility index (Phi) is 5.46. The maximum Gasteiger partial charge on any atom is 0.442 e. The van der Waals surface area contributed by atoms with Crippen LogP contribution in [0.4, 0.5) is 13.2 Å². The highest BCUT2D eigenvalue weighted by molar-refractivity contribution is 8.01. The van der Waals surface area contributed by atoms with E-state index in [0.717, 1.165) is 0 Å². The number of carbonyl (C=O) groups excluding carboxylic acids is 1. The molecule has 1 atom stereocenters. The second-order valence-corrected chi connectivity index (χ2v) is 4.60. The van der Waals surface area contributed by atoms with Gasteiger partial charge in [-0.05, 0) is 30.8 Å². The average Bonchev–Trinajstić information content (AvgIpc) is 2.28. The lowest BCUT2D eigenvalue weighted by Gasteiger charge is -2.16. The number of aromatic nitrogens is 1. The molecular weight excluding hydrogens is 267 g/mol. The smallest absolute Gasteiger partial charge is 0.442 e. The molecule has 0 aliphatic carbocycles. The number of rotatable bonds is 5. The van der Waals surface area contributed by atoms with E-state index in [-0.39, 0.29) is 24.8 Å². The summed E-state index contributed by atoms with van der Waals surface area (Å²) in [6.45, 7) is 1.60. The Morgan fingerprint density at radius 2 is 2.22 bits per heavy atom. The third-order valence-corrected chi connectivity index (χ3v) is 2.86. The molecule has 0 fully saturated rings. The first-order valence-corrected chi connectivity index (χ1v) is 6.11. The lowest BCUT2D eigenvalue weighted by molar-refractivity contribution is -0.142. The number of hydrogen-bond acceptors (Lipinski definition) is 4. The summed E-state index contributed by atoms with van der Waals surface area (Å²) in [6.07, 6.45) is 1.36. The minimum absolute atomic E-state index is 0.0516. The van der Waals surface area contributed by atoms with E-state index in [1.165, 1.54) is 6.20 Å². The zero-order valence-electron chi connectivity index (χ0n) is 9.61. The highest BCUT2D eigenvalue weighted by Gasteiger charge is 2.37. The summed E-state index contributed by atoms with van der Waals surface area (Å²) in [6, 6.07) is 4.88. The van der Waals surface area contributed by atoms with Crippen LogP contribution in [-0.2, 0) is 16.0 Å². The highest BCUT2D eigenvalue weighted by Crippen LogP contribution is 2.35. The largest absolute Gasteiger partial charge is 0.465 e. The fraction of sp³-hybridized carbons (Fsp3) is 0.455. The molecular formula is C11H12F3NO2S. The molecule has 0 bridgehead atoms. The molecule has 0 radical (unpaired) electrons. The van der Waals surface area contributed by atoms with Crippen molar-refractivity contribution >= 4 is 17.7 Å². The number of nitrogens with zero attached hydrogens (tertiary/aromatic N) is 1. The molecule has 3 nitrogen and oxygen atoms in total. The Balaban J connectivity index is 2.74. The standard InChI is InChI=1S/C11H12F3NO2S/c1-2-17-10(16)9(18-11(12,13)14)7-8-5-3-4-6-15-8/h3-6,9H,2,7H2,1H3. The Morgan fingerprint density at radius 1 is 1.50 bits per heavy atom. The minimum atomic E-state index is -4.48. The van der Waals surface area contributed by atoms with Gasteiger partial charge in [0.05, 0.1) is 6.61 Å². The van der Waals surface area contributed by atoms with Gasteiger partial charge in [0, 0.05) is 18.3 Å². The van der Waals surface area contributed by atoms with Crippen molar-refractivity contribution in [2.45, 2.75) is 24.1 Å². The topological polar surface area (TPSA) is 39.2 Å². The first-order chi connectivity index (χ1) is 8.42. The predicted octanol–water partition coefficient (Wildman–Crippen LogP) is 2.81. The van der Waals surface area contributed by atoms with E-state index in [0.29, 0.717) is 5.69 Å². The van der Waals surface area contributed by atoms with Crippen LogP contribution in [0.1, 0.15) is 12.6 Å². The van der Waals surface area contributed by atoms with Gasteiger partial charge in [0.25, 0.3) is 0 Å². The molecule has 1 rings (SSSR count). The Hall–Kier alpha value is -1.24. The van der Waals surface area contributed by atoms with Gasteiger partial charge in [-0.15, -0.1) is 0 Å². The summed E-state index contributed by atoms with van der Waals surface area (Å²) >= 11 is -0.370. The summed E-state index contributed by atoms with van der Waals surface area (Å²) in [5.41, 5.74) is -4.06. The fourth-order valence-electron chi connectivity index (χ4n) is 1.28. The molecule has 0 saturated heterocycles. The van der Waals surface area contributed by atoms with Crippen molar-refractivity contribution in [3.8, 4) is 0 Å². The Labute approximate surface area is 107 Å². The lowest BCUT2D eigenvalue weighted by Crippen LogP contribution is -2.26. The van der Waals surface area contributed by atoms with Crippen molar-refractivity contribution in [1.29, 1.82) is 0 Å². The van der Waals surface area contributed by atoms with Gasteiger partial charge in [-0.2, -0.15) is 13.2 Å². The van der Waals surface area contributed by atoms with Crippen LogP contribution in [0.25, 0.3) is 0 Å². The minimum Gasteiger partial charge on any atom is -0.465 e. The maximum atomic E-state index is 12.3. The number of carbonyl (C=O) groups is 1. The van der Waals surface area contributed by atoms with Crippen LogP contribution >= 0.6 is 11.8 Å². The second-order valence-electron chi connectivity index (χ2n) is 3.33. The molecule has 0 spiro atoms. The van der Waals surface area contributed by atoms with Crippen LogP contribution in [-0.4, -0.2) is 28.3 Å². The number of hydrogen-bond donors (Lipinski definition) is 0. The average molecular weight is 279 g/mol. The third-order valence-electron chi connectivity index (χ3n) is 1.95. The zero-order chi connectivity index (χ0) is 13.6. The number of alkyl halides is 3. The molecule has 0 aliphatic rings. The first kappa shape index (κ1) is 14.8. The van der Waals surface area contributed by atoms with Gasteiger partial charge in [0.2, 0.25) is 0 Å². The molecule has 1 aromatic rings. The zero-order valence-corrected chi connectivity index (χ0v) is 10.4. The number of esters is 1. The van der Waals surface area contributed by atoms with Gasteiger partial charge in [0.15, 0.2) is 0 Å². The number of ether oxygens (including phenoxy) is 1. The van der Waals surface area contributed by atoms with Gasteiger partial charge in [-0.3, -0.25) is 9.78 Å². The van der Waals surface area contributed by atoms with E-state index in [9.17, 15) is 18.0 Å². The van der Waals surface area contributed by atoms with Gasteiger partial charge >= 0.3 is 11.5 Å². The van der Waals surface area contributed by atoms with E-state index < -0.39 is 16.7 Å². The third kappa shape index (κ3) is 5.39. The van der Waals surface area contributed by atoms with Crippen LogP contribution in [0.5, 0.6) is 0 Å². The van der Waals surface area contributed by atoms with E-state index >= 15 is 0 Å². The summed E-state index contributed by atoms with van der Waals surface area (Å²) in [5, 5.41) is -1.32. The summed E-state index contributed by atoms with van der Waals surface area (Å²) < 4.78 is 41.7. The van der Waals surface area contributed by atoms with Gasteiger partial charge < -0.3 is 4.74 Å². The number of pyridine rings is 1. The first-order valence-electron chi connectivity index (χ1n) is 5.23. The lowest BCUT2D eigenvalue weighted by atomic mass is 10.2. The van der Waals surface area contributed by atoms with Crippen LogP contribution in [0, 0.1) is 0 Å². The van der Waals surface area contributed by atoms with E-state index in [2.05, 4.69) is 9.72 Å². The van der Waals surface area contributed by atoms with Crippen molar-refractivity contribution in [3.63, 3.8) is 0 Å².